The fourth-order valence-corrected chi connectivity index (χ4v) is 1.87. The minimum atomic E-state index is 0.539. The molecule has 4 nitrogen and oxygen atoms in total. The Balaban J connectivity index is 1.86. The molecule has 0 fully saturated rings. The second-order valence-electron chi connectivity index (χ2n) is 3.04. The van der Waals surface area contributed by atoms with Crippen LogP contribution in [-0.2, 0) is 6.42 Å². The van der Waals surface area contributed by atoms with Crippen molar-refractivity contribution >= 4 is 22.8 Å². The van der Waals surface area contributed by atoms with Gasteiger partial charge in [-0.2, -0.15) is 0 Å². The number of nitrogens with two attached hydrogens (primary N) is 1. The maximum atomic E-state index is 5.69. The molecule has 78 valence electrons. The number of hydrogen-bond donors (Lipinski definition) is 2. The second-order valence-corrected chi connectivity index (χ2v) is 4.02. The SMILES string of the molecule is Nc1ncccc1NCCc1nccs1. The number of anilines is 2. The van der Waals surface area contributed by atoms with E-state index in [1.807, 2.05) is 23.7 Å². The highest BCUT2D eigenvalue weighted by Gasteiger charge is 1.98. The van der Waals surface area contributed by atoms with Gasteiger partial charge in [0.25, 0.3) is 0 Å². The largest absolute Gasteiger partial charge is 0.382 e. The van der Waals surface area contributed by atoms with Crippen molar-refractivity contribution in [2.45, 2.75) is 6.42 Å². The molecule has 0 radical (unpaired) electrons. The lowest BCUT2D eigenvalue weighted by Gasteiger charge is -2.06. The van der Waals surface area contributed by atoms with E-state index in [1.165, 1.54) is 0 Å². The third-order valence-electron chi connectivity index (χ3n) is 1.98. The van der Waals surface area contributed by atoms with Crippen LogP contribution in [0.15, 0.2) is 29.9 Å². The van der Waals surface area contributed by atoms with E-state index in [4.69, 9.17) is 5.73 Å². The lowest BCUT2D eigenvalue weighted by atomic mass is 10.3. The molecule has 0 bridgehead atoms. The van der Waals surface area contributed by atoms with Gasteiger partial charge in [-0.15, -0.1) is 11.3 Å². The van der Waals surface area contributed by atoms with E-state index in [1.54, 1.807) is 17.5 Å². The van der Waals surface area contributed by atoms with Gasteiger partial charge in [0, 0.05) is 30.7 Å². The number of hydrogen-bond acceptors (Lipinski definition) is 5. The van der Waals surface area contributed by atoms with Gasteiger partial charge >= 0.3 is 0 Å². The van der Waals surface area contributed by atoms with Crippen molar-refractivity contribution in [3.05, 3.63) is 34.9 Å². The molecule has 5 heteroatoms. The minimum absolute atomic E-state index is 0.539. The Morgan fingerprint density at radius 2 is 2.27 bits per heavy atom. The zero-order valence-electron chi connectivity index (χ0n) is 8.18. The molecule has 2 rings (SSSR count). The van der Waals surface area contributed by atoms with Gasteiger partial charge in [-0.05, 0) is 12.1 Å². The summed E-state index contributed by atoms with van der Waals surface area (Å²) in [6.45, 7) is 0.823. The average Bonchev–Trinajstić information content (AvgIpc) is 2.74. The number of pyridine rings is 1. The Kier molecular flexibility index (Phi) is 3.14. The molecular formula is C10H12N4S. The number of aromatic nitrogens is 2. The van der Waals surface area contributed by atoms with Gasteiger partial charge in [-0.25, -0.2) is 9.97 Å². The Morgan fingerprint density at radius 3 is 3.00 bits per heavy atom. The summed E-state index contributed by atoms with van der Waals surface area (Å²) in [4.78, 5) is 8.20. The summed E-state index contributed by atoms with van der Waals surface area (Å²) < 4.78 is 0. The van der Waals surface area contributed by atoms with E-state index >= 15 is 0 Å². The number of nitrogens with zero attached hydrogens (tertiary/aromatic N) is 2. The van der Waals surface area contributed by atoms with Crippen LogP contribution in [0.2, 0.25) is 0 Å². The lowest BCUT2D eigenvalue weighted by molar-refractivity contribution is 0.997. The Bertz CT molecular complexity index is 413. The molecule has 0 unspecified atom stereocenters. The second kappa shape index (κ2) is 4.75. The first-order valence-electron chi connectivity index (χ1n) is 4.69. The molecule has 2 heterocycles. The zero-order valence-corrected chi connectivity index (χ0v) is 9.00. The van der Waals surface area contributed by atoms with Crippen LogP contribution < -0.4 is 11.1 Å². The van der Waals surface area contributed by atoms with Crippen LogP contribution in [0.25, 0.3) is 0 Å². The highest BCUT2D eigenvalue weighted by atomic mass is 32.1. The number of nitrogen functional groups attached to an aromatic ring is 1. The molecule has 0 saturated heterocycles. The molecule has 2 aromatic heterocycles. The Hall–Kier alpha value is -1.62. The normalized spacial score (nSPS) is 10.1. The van der Waals surface area contributed by atoms with Gasteiger partial charge in [0.1, 0.15) is 5.82 Å². The third kappa shape index (κ3) is 2.66. The summed E-state index contributed by atoms with van der Waals surface area (Å²) in [5, 5.41) is 6.34. The zero-order chi connectivity index (χ0) is 10.5. The van der Waals surface area contributed by atoms with E-state index in [9.17, 15) is 0 Å². The quantitative estimate of drug-likeness (QED) is 0.824. The number of thiazole rings is 1. The molecular weight excluding hydrogens is 208 g/mol. The first-order chi connectivity index (χ1) is 7.36. The van der Waals surface area contributed by atoms with Crippen LogP contribution in [0.1, 0.15) is 5.01 Å². The predicted molar refractivity (Wildman–Crippen MR) is 63.0 cm³/mol. The minimum Gasteiger partial charge on any atom is -0.382 e. The smallest absolute Gasteiger partial charge is 0.146 e. The first kappa shape index (κ1) is 9.92. The van der Waals surface area contributed by atoms with Crippen LogP contribution >= 0.6 is 11.3 Å². The maximum Gasteiger partial charge on any atom is 0.146 e. The van der Waals surface area contributed by atoms with Crippen LogP contribution in [-0.4, -0.2) is 16.5 Å². The molecule has 0 aliphatic heterocycles. The molecule has 0 aliphatic rings. The van der Waals surface area contributed by atoms with Gasteiger partial charge in [-0.1, -0.05) is 0 Å². The fourth-order valence-electron chi connectivity index (χ4n) is 1.25. The van der Waals surface area contributed by atoms with Crippen molar-refractivity contribution in [2.75, 3.05) is 17.6 Å². The highest BCUT2D eigenvalue weighted by Crippen LogP contribution is 2.13. The van der Waals surface area contributed by atoms with E-state index in [0.29, 0.717) is 5.82 Å². The highest BCUT2D eigenvalue weighted by molar-refractivity contribution is 7.09. The standard InChI is InChI=1S/C10H12N4S/c11-10-8(2-1-4-14-10)12-5-3-9-13-6-7-15-9/h1-2,4,6-7,12H,3,5H2,(H2,11,14). The van der Waals surface area contributed by atoms with Crippen LogP contribution in [0.5, 0.6) is 0 Å². The molecule has 0 aliphatic carbocycles. The summed E-state index contributed by atoms with van der Waals surface area (Å²) in [5.74, 6) is 0.539. The van der Waals surface area contributed by atoms with Crippen molar-refractivity contribution in [2.24, 2.45) is 0 Å². The summed E-state index contributed by atoms with van der Waals surface area (Å²) in [6, 6.07) is 3.78. The average molecular weight is 220 g/mol. The first-order valence-corrected chi connectivity index (χ1v) is 5.57. The van der Waals surface area contributed by atoms with Crippen molar-refractivity contribution in [3.8, 4) is 0 Å². The van der Waals surface area contributed by atoms with Gasteiger partial charge in [0.05, 0.1) is 10.7 Å². The molecule has 0 aromatic carbocycles. The summed E-state index contributed by atoms with van der Waals surface area (Å²) in [6.07, 6.45) is 4.41. The van der Waals surface area contributed by atoms with Crippen LogP contribution in [0, 0.1) is 0 Å². The molecule has 0 amide bonds. The molecule has 0 spiro atoms. The van der Waals surface area contributed by atoms with E-state index in [2.05, 4.69) is 15.3 Å². The monoisotopic (exact) mass is 220 g/mol. The van der Waals surface area contributed by atoms with Crippen LogP contribution in [0.4, 0.5) is 11.5 Å². The molecule has 0 atom stereocenters. The van der Waals surface area contributed by atoms with Gasteiger partial charge in [-0.3, -0.25) is 0 Å². The third-order valence-corrected chi connectivity index (χ3v) is 2.82. The predicted octanol–water partition coefficient (Wildman–Crippen LogP) is 1.77. The van der Waals surface area contributed by atoms with Crippen LogP contribution in [0.3, 0.4) is 0 Å². The molecule has 2 aromatic rings. The molecule has 15 heavy (non-hydrogen) atoms. The van der Waals surface area contributed by atoms with Gasteiger partial charge in [0.15, 0.2) is 0 Å². The van der Waals surface area contributed by atoms with Gasteiger partial charge < -0.3 is 11.1 Å². The lowest BCUT2D eigenvalue weighted by Crippen LogP contribution is -2.07. The van der Waals surface area contributed by atoms with E-state index in [0.717, 1.165) is 23.7 Å². The van der Waals surface area contributed by atoms with Crippen molar-refractivity contribution < 1.29 is 0 Å². The van der Waals surface area contributed by atoms with E-state index in [-0.39, 0.29) is 0 Å². The summed E-state index contributed by atoms with van der Waals surface area (Å²) in [7, 11) is 0. The molecule has 3 N–H and O–H groups in total. The molecule has 0 saturated carbocycles. The summed E-state index contributed by atoms with van der Waals surface area (Å²) >= 11 is 1.66. The van der Waals surface area contributed by atoms with Gasteiger partial charge in [0.2, 0.25) is 0 Å². The van der Waals surface area contributed by atoms with Crippen molar-refractivity contribution in [3.63, 3.8) is 0 Å². The maximum absolute atomic E-state index is 5.69. The summed E-state index contributed by atoms with van der Waals surface area (Å²) in [5.41, 5.74) is 6.58. The number of rotatable bonds is 4. The van der Waals surface area contributed by atoms with Crippen molar-refractivity contribution in [1.82, 2.24) is 9.97 Å². The topological polar surface area (TPSA) is 63.8 Å². The number of nitrogens with one attached hydrogen (secondary N) is 1. The van der Waals surface area contributed by atoms with Crippen molar-refractivity contribution in [1.29, 1.82) is 0 Å². The Labute approximate surface area is 92.2 Å². The fraction of sp³-hybridized carbons (Fsp3) is 0.200. The Morgan fingerprint density at radius 1 is 1.33 bits per heavy atom. The van der Waals surface area contributed by atoms with E-state index < -0.39 is 0 Å².